The van der Waals surface area contributed by atoms with E-state index < -0.39 is 0 Å². The maximum absolute atomic E-state index is 9.19. The number of hydrogen-bond donors (Lipinski definition) is 2. The van der Waals surface area contributed by atoms with Gasteiger partial charge in [-0.25, -0.2) is 0 Å². The number of anilines is 3. The molecule has 43 heavy (non-hydrogen) atoms. The Balaban J connectivity index is 1.34. The molecule has 0 saturated heterocycles. The number of nitrogens with zero attached hydrogens (tertiary/aromatic N) is 1. The van der Waals surface area contributed by atoms with Gasteiger partial charge in [0.2, 0.25) is 0 Å². The summed E-state index contributed by atoms with van der Waals surface area (Å²) in [6.45, 7) is 0.501. The van der Waals surface area contributed by atoms with Gasteiger partial charge in [-0.2, -0.15) is 0 Å². The average Bonchev–Trinajstić information content (AvgIpc) is 3.07. The van der Waals surface area contributed by atoms with E-state index in [0.29, 0.717) is 0 Å². The van der Waals surface area contributed by atoms with Gasteiger partial charge in [-0.15, -0.1) is 0 Å². The van der Waals surface area contributed by atoms with Crippen LogP contribution < -0.4 is 14.4 Å². The van der Waals surface area contributed by atoms with E-state index in [0.717, 1.165) is 39.7 Å². The molecule has 0 aliphatic heterocycles. The van der Waals surface area contributed by atoms with Gasteiger partial charge in [-0.3, -0.25) is 0 Å². The minimum atomic E-state index is -0.0264. The summed E-state index contributed by atoms with van der Waals surface area (Å²) in [5, 5.41) is 25.7. The van der Waals surface area contributed by atoms with Crippen molar-refractivity contribution in [3.05, 3.63) is 127 Å². The highest BCUT2D eigenvalue weighted by Gasteiger charge is 2.18. The predicted molar refractivity (Wildman–Crippen MR) is 175 cm³/mol. The van der Waals surface area contributed by atoms with E-state index in [-0.39, 0.29) is 26.4 Å². The van der Waals surface area contributed by atoms with Crippen LogP contribution in [0.1, 0.15) is 0 Å². The summed E-state index contributed by atoms with van der Waals surface area (Å²) in [7, 11) is 0. The Hall–Kier alpha value is -5.10. The summed E-state index contributed by atoms with van der Waals surface area (Å²) >= 11 is 0. The third-order valence-electron chi connectivity index (χ3n) is 7.87. The molecule has 0 aromatic heterocycles. The predicted octanol–water partition coefficient (Wildman–Crippen LogP) is 8.46. The summed E-state index contributed by atoms with van der Waals surface area (Å²) in [6.07, 6.45) is 0. The first kappa shape index (κ1) is 26.8. The number of benzene rings is 7. The molecule has 0 bridgehead atoms. The van der Waals surface area contributed by atoms with Gasteiger partial charge in [0.25, 0.3) is 0 Å². The quantitative estimate of drug-likeness (QED) is 0.163. The Kier molecular flexibility index (Phi) is 7.25. The summed E-state index contributed by atoms with van der Waals surface area (Å²) in [5.74, 6) is 1.45. The SMILES string of the molecule is OCCOc1ccc(-c2ccc(N(c3ccc(OCCO)cc3)c3ccc4ccc5cccc6ccc3c4c56)cc2)cc1. The highest BCUT2D eigenvalue weighted by molar-refractivity contribution is 6.25. The molecule has 0 unspecified atom stereocenters. The number of rotatable bonds is 10. The average molecular weight is 566 g/mol. The number of hydrogen-bond acceptors (Lipinski definition) is 5. The molecule has 0 aliphatic rings. The smallest absolute Gasteiger partial charge is 0.119 e. The lowest BCUT2D eigenvalue weighted by Gasteiger charge is -2.28. The van der Waals surface area contributed by atoms with Crippen LogP contribution in [0.4, 0.5) is 17.1 Å². The van der Waals surface area contributed by atoms with Gasteiger partial charge in [0.1, 0.15) is 24.7 Å². The van der Waals surface area contributed by atoms with Gasteiger partial charge < -0.3 is 24.6 Å². The molecule has 0 spiro atoms. The van der Waals surface area contributed by atoms with E-state index in [1.165, 1.54) is 32.3 Å². The Labute approximate surface area is 250 Å². The van der Waals surface area contributed by atoms with Crippen molar-refractivity contribution in [2.24, 2.45) is 0 Å². The monoisotopic (exact) mass is 565 g/mol. The lowest BCUT2D eigenvalue weighted by molar-refractivity contribution is 0.201. The van der Waals surface area contributed by atoms with Crippen molar-refractivity contribution >= 4 is 49.4 Å². The maximum Gasteiger partial charge on any atom is 0.119 e. The fourth-order valence-corrected chi connectivity index (χ4v) is 5.91. The maximum atomic E-state index is 9.19. The molecule has 0 heterocycles. The zero-order valence-electron chi connectivity index (χ0n) is 23.6. The molecule has 7 aromatic rings. The van der Waals surface area contributed by atoms with Crippen LogP contribution in [0.5, 0.6) is 11.5 Å². The largest absolute Gasteiger partial charge is 0.491 e. The lowest BCUT2D eigenvalue weighted by atomic mass is 9.93. The first-order valence-corrected chi connectivity index (χ1v) is 14.5. The molecule has 0 atom stereocenters. The first-order chi connectivity index (χ1) is 21.2. The van der Waals surface area contributed by atoms with E-state index >= 15 is 0 Å². The summed E-state index contributed by atoms with van der Waals surface area (Å²) in [6, 6.07) is 44.3. The molecule has 0 saturated carbocycles. The number of aliphatic hydroxyl groups excluding tert-OH is 2. The van der Waals surface area contributed by atoms with Gasteiger partial charge in [-0.05, 0) is 92.7 Å². The van der Waals surface area contributed by atoms with Crippen molar-refractivity contribution in [3.8, 4) is 22.6 Å². The minimum Gasteiger partial charge on any atom is -0.491 e. The van der Waals surface area contributed by atoms with E-state index in [2.05, 4.69) is 95.9 Å². The van der Waals surface area contributed by atoms with Crippen LogP contribution in [0, 0.1) is 0 Å². The highest BCUT2D eigenvalue weighted by atomic mass is 16.5. The van der Waals surface area contributed by atoms with Gasteiger partial charge in [0, 0.05) is 16.8 Å². The number of aliphatic hydroxyl groups is 2. The zero-order valence-corrected chi connectivity index (χ0v) is 23.6. The van der Waals surface area contributed by atoms with E-state index in [4.69, 9.17) is 14.6 Å². The molecule has 7 aromatic carbocycles. The van der Waals surface area contributed by atoms with Crippen molar-refractivity contribution in [3.63, 3.8) is 0 Å². The van der Waals surface area contributed by atoms with Crippen molar-refractivity contribution in [2.75, 3.05) is 31.3 Å². The van der Waals surface area contributed by atoms with Crippen molar-refractivity contribution in [1.82, 2.24) is 0 Å². The molecule has 0 aliphatic carbocycles. The van der Waals surface area contributed by atoms with Gasteiger partial charge in [0.05, 0.1) is 18.9 Å². The fourth-order valence-electron chi connectivity index (χ4n) is 5.91. The van der Waals surface area contributed by atoms with Crippen LogP contribution in [0.3, 0.4) is 0 Å². The van der Waals surface area contributed by atoms with Crippen LogP contribution in [-0.2, 0) is 0 Å². The topological polar surface area (TPSA) is 62.2 Å². The van der Waals surface area contributed by atoms with E-state index in [1.54, 1.807) is 0 Å². The second-order valence-corrected chi connectivity index (χ2v) is 10.5. The second-order valence-electron chi connectivity index (χ2n) is 10.5. The summed E-state index contributed by atoms with van der Waals surface area (Å²) in [4.78, 5) is 2.29. The molecular weight excluding hydrogens is 534 g/mol. The molecule has 212 valence electrons. The van der Waals surface area contributed by atoms with Crippen LogP contribution in [0.2, 0.25) is 0 Å². The van der Waals surface area contributed by atoms with E-state index in [1.807, 2.05) is 36.4 Å². The normalized spacial score (nSPS) is 11.4. The van der Waals surface area contributed by atoms with Crippen LogP contribution in [0.15, 0.2) is 127 Å². The number of ether oxygens (including phenoxy) is 2. The summed E-state index contributed by atoms with van der Waals surface area (Å²) < 4.78 is 11.2. The second kappa shape index (κ2) is 11.6. The summed E-state index contributed by atoms with van der Waals surface area (Å²) in [5.41, 5.74) is 5.31. The third kappa shape index (κ3) is 5.10. The molecule has 5 nitrogen and oxygen atoms in total. The molecule has 0 radical (unpaired) electrons. The molecule has 5 heteroatoms. The third-order valence-corrected chi connectivity index (χ3v) is 7.87. The highest BCUT2D eigenvalue weighted by Crippen LogP contribution is 2.44. The van der Waals surface area contributed by atoms with E-state index in [9.17, 15) is 5.11 Å². The van der Waals surface area contributed by atoms with Crippen LogP contribution in [0.25, 0.3) is 43.4 Å². The first-order valence-electron chi connectivity index (χ1n) is 14.5. The standard InChI is InChI=1S/C38H31NO4/c40-22-24-42-33-16-8-27(9-17-33)26-6-12-31(13-7-26)39(32-14-18-34(19-15-32)43-25-23-41)36-21-11-30-5-4-28-2-1-3-29-10-20-35(36)38(30)37(28)29/h1-21,40-41H,22-25H2. The van der Waals surface area contributed by atoms with Crippen LogP contribution >= 0.6 is 0 Å². The Morgan fingerprint density at radius 1 is 0.465 bits per heavy atom. The zero-order chi connectivity index (χ0) is 29.2. The van der Waals surface area contributed by atoms with Gasteiger partial charge >= 0.3 is 0 Å². The minimum absolute atomic E-state index is 0.00970. The van der Waals surface area contributed by atoms with Crippen molar-refractivity contribution in [2.45, 2.75) is 0 Å². The molecule has 0 fully saturated rings. The molecular formula is C38H31NO4. The Bertz CT molecular complexity index is 1970. The van der Waals surface area contributed by atoms with Gasteiger partial charge in [0.15, 0.2) is 0 Å². The fraction of sp³-hybridized carbons (Fsp3) is 0.105. The molecule has 7 rings (SSSR count). The lowest BCUT2D eigenvalue weighted by Crippen LogP contribution is -2.11. The Morgan fingerprint density at radius 2 is 0.930 bits per heavy atom. The molecule has 2 N–H and O–H groups in total. The van der Waals surface area contributed by atoms with Crippen molar-refractivity contribution in [1.29, 1.82) is 0 Å². The van der Waals surface area contributed by atoms with Crippen LogP contribution in [-0.4, -0.2) is 36.6 Å². The Morgan fingerprint density at radius 3 is 1.51 bits per heavy atom. The van der Waals surface area contributed by atoms with Crippen molar-refractivity contribution < 1.29 is 19.7 Å². The molecule has 0 amide bonds. The van der Waals surface area contributed by atoms with Gasteiger partial charge in [-0.1, -0.05) is 72.8 Å².